The summed E-state index contributed by atoms with van der Waals surface area (Å²) >= 11 is 0. The van der Waals surface area contributed by atoms with Gasteiger partial charge in [-0.15, -0.1) is 0 Å². The maximum atomic E-state index is 13.7. The molecule has 8 heteroatoms. The molecule has 0 aliphatic rings. The van der Waals surface area contributed by atoms with Gasteiger partial charge < -0.3 is 16.2 Å². The molecule has 0 fully saturated rings. The third-order valence-electron chi connectivity index (χ3n) is 2.20. The van der Waals surface area contributed by atoms with Gasteiger partial charge in [0.1, 0.15) is 5.69 Å². The number of pyridine rings is 1. The van der Waals surface area contributed by atoms with Gasteiger partial charge >= 0.3 is 6.09 Å². The Morgan fingerprint density at radius 1 is 1.50 bits per heavy atom. The molecule has 0 saturated carbocycles. The van der Waals surface area contributed by atoms with E-state index in [0.29, 0.717) is 0 Å². The van der Waals surface area contributed by atoms with Crippen molar-refractivity contribution in [2.45, 2.75) is 0 Å². The van der Waals surface area contributed by atoms with Gasteiger partial charge in [0.2, 0.25) is 5.88 Å². The minimum absolute atomic E-state index is 0.0127. The lowest BCUT2D eigenvalue weighted by molar-refractivity contribution is 0.207. The van der Waals surface area contributed by atoms with E-state index in [9.17, 15) is 9.18 Å². The Morgan fingerprint density at radius 3 is 2.83 bits per heavy atom. The number of hydrogen-bond acceptors (Lipinski definition) is 5. The first-order chi connectivity index (χ1) is 8.49. The highest BCUT2D eigenvalue weighted by Crippen LogP contribution is 2.30. The fourth-order valence-electron chi connectivity index (χ4n) is 1.46. The number of carbonyl (C=O) groups excluding carboxylic acids is 1. The third-order valence-corrected chi connectivity index (χ3v) is 2.20. The minimum Gasteiger partial charge on any atom is -0.397 e. The SMILES string of the molecule is Cn1ncc(-c2ncc(N)cc2F)c1OC(N)=O. The van der Waals surface area contributed by atoms with Crippen molar-refractivity contribution >= 4 is 11.8 Å². The number of amides is 1. The highest BCUT2D eigenvalue weighted by molar-refractivity contribution is 5.73. The number of aryl methyl sites for hydroxylation is 1. The second-order valence-corrected chi connectivity index (χ2v) is 3.51. The molecule has 0 aromatic carbocycles. The van der Waals surface area contributed by atoms with Crippen LogP contribution in [0.5, 0.6) is 5.88 Å². The summed E-state index contributed by atoms with van der Waals surface area (Å²) < 4.78 is 19.7. The zero-order valence-corrected chi connectivity index (χ0v) is 9.42. The van der Waals surface area contributed by atoms with Crippen molar-refractivity contribution < 1.29 is 13.9 Å². The van der Waals surface area contributed by atoms with Crippen molar-refractivity contribution in [3.8, 4) is 17.1 Å². The van der Waals surface area contributed by atoms with E-state index >= 15 is 0 Å². The molecule has 2 aromatic rings. The second kappa shape index (κ2) is 4.32. The molecule has 2 rings (SSSR count). The van der Waals surface area contributed by atoms with Crippen molar-refractivity contribution in [1.82, 2.24) is 14.8 Å². The molecule has 2 heterocycles. The van der Waals surface area contributed by atoms with E-state index in [1.165, 1.54) is 24.1 Å². The molecular formula is C10H10FN5O2. The molecule has 0 saturated heterocycles. The molecule has 2 aromatic heterocycles. The van der Waals surface area contributed by atoms with E-state index in [1.807, 2.05) is 0 Å². The van der Waals surface area contributed by atoms with Crippen LogP contribution in [-0.4, -0.2) is 20.9 Å². The van der Waals surface area contributed by atoms with Crippen molar-refractivity contribution in [3.63, 3.8) is 0 Å². The van der Waals surface area contributed by atoms with Crippen LogP contribution in [0.25, 0.3) is 11.3 Å². The molecule has 0 atom stereocenters. The Kier molecular flexibility index (Phi) is 2.84. The highest BCUT2D eigenvalue weighted by Gasteiger charge is 2.18. The van der Waals surface area contributed by atoms with Crippen LogP contribution >= 0.6 is 0 Å². The number of nitrogen functional groups attached to an aromatic ring is 1. The summed E-state index contributed by atoms with van der Waals surface area (Å²) in [5, 5.41) is 3.86. The van der Waals surface area contributed by atoms with Gasteiger partial charge in [-0.25, -0.2) is 13.9 Å². The molecular weight excluding hydrogens is 241 g/mol. The van der Waals surface area contributed by atoms with Crippen LogP contribution in [0.2, 0.25) is 0 Å². The average Bonchev–Trinajstić information content (AvgIpc) is 2.60. The van der Waals surface area contributed by atoms with E-state index in [4.69, 9.17) is 16.2 Å². The zero-order valence-electron chi connectivity index (χ0n) is 9.42. The van der Waals surface area contributed by atoms with Crippen LogP contribution in [0, 0.1) is 5.82 Å². The molecule has 0 bridgehead atoms. The molecule has 1 amide bonds. The summed E-state index contributed by atoms with van der Waals surface area (Å²) in [5.74, 6) is -0.629. The van der Waals surface area contributed by atoms with Gasteiger partial charge in [0.15, 0.2) is 5.82 Å². The third kappa shape index (κ3) is 2.08. The van der Waals surface area contributed by atoms with Gasteiger partial charge in [-0.1, -0.05) is 0 Å². The summed E-state index contributed by atoms with van der Waals surface area (Å²) in [7, 11) is 1.52. The second-order valence-electron chi connectivity index (χ2n) is 3.51. The first-order valence-electron chi connectivity index (χ1n) is 4.89. The maximum Gasteiger partial charge on any atom is 0.411 e. The smallest absolute Gasteiger partial charge is 0.397 e. The van der Waals surface area contributed by atoms with Gasteiger partial charge in [0.25, 0.3) is 0 Å². The Hall–Kier alpha value is -2.64. The van der Waals surface area contributed by atoms with Gasteiger partial charge in [0.05, 0.1) is 23.6 Å². The Balaban J connectivity index is 2.53. The topological polar surface area (TPSA) is 109 Å². The molecule has 18 heavy (non-hydrogen) atoms. The molecule has 4 N–H and O–H groups in total. The summed E-state index contributed by atoms with van der Waals surface area (Å²) in [6, 6.07) is 1.11. The molecule has 0 aliphatic carbocycles. The largest absolute Gasteiger partial charge is 0.411 e. The quantitative estimate of drug-likeness (QED) is 0.814. The van der Waals surface area contributed by atoms with Crippen molar-refractivity contribution in [3.05, 3.63) is 24.3 Å². The predicted molar refractivity (Wildman–Crippen MR) is 61.0 cm³/mol. The molecule has 0 aliphatic heterocycles. The number of aromatic nitrogens is 3. The lowest BCUT2D eigenvalue weighted by atomic mass is 10.2. The fraction of sp³-hybridized carbons (Fsp3) is 0.100. The number of anilines is 1. The maximum absolute atomic E-state index is 13.7. The molecule has 0 radical (unpaired) electrons. The number of nitrogens with zero attached hydrogens (tertiary/aromatic N) is 3. The Morgan fingerprint density at radius 2 is 2.22 bits per heavy atom. The van der Waals surface area contributed by atoms with E-state index in [0.717, 1.165) is 6.07 Å². The number of halogens is 1. The first kappa shape index (κ1) is 11.8. The summed E-state index contributed by atoms with van der Waals surface area (Å²) in [6.07, 6.45) is 1.59. The van der Waals surface area contributed by atoms with E-state index in [-0.39, 0.29) is 22.8 Å². The van der Waals surface area contributed by atoms with E-state index in [1.54, 1.807) is 0 Å². The number of hydrogen-bond donors (Lipinski definition) is 2. The number of primary amides is 1. The van der Waals surface area contributed by atoms with Gasteiger partial charge in [-0.05, 0) is 0 Å². The summed E-state index contributed by atoms with van der Waals surface area (Å²) in [5.41, 5.74) is 10.7. The summed E-state index contributed by atoms with van der Waals surface area (Å²) in [6.45, 7) is 0. The van der Waals surface area contributed by atoms with E-state index < -0.39 is 11.9 Å². The van der Waals surface area contributed by atoms with Crippen molar-refractivity contribution in [1.29, 1.82) is 0 Å². The normalized spacial score (nSPS) is 10.3. The lowest BCUT2D eigenvalue weighted by Gasteiger charge is -2.05. The van der Waals surface area contributed by atoms with Crippen LogP contribution < -0.4 is 16.2 Å². The Bertz CT molecular complexity index is 610. The average molecular weight is 251 g/mol. The van der Waals surface area contributed by atoms with Crippen LogP contribution in [0.1, 0.15) is 0 Å². The van der Waals surface area contributed by atoms with Crippen molar-refractivity contribution in [2.75, 3.05) is 5.73 Å². The van der Waals surface area contributed by atoms with Crippen LogP contribution in [0.15, 0.2) is 18.5 Å². The van der Waals surface area contributed by atoms with Crippen LogP contribution in [0.3, 0.4) is 0 Å². The van der Waals surface area contributed by atoms with Crippen LogP contribution in [-0.2, 0) is 7.05 Å². The summed E-state index contributed by atoms with van der Waals surface area (Å²) in [4.78, 5) is 14.6. The number of ether oxygens (including phenoxy) is 1. The van der Waals surface area contributed by atoms with E-state index in [2.05, 4.69) is 10.1 Å². The molecule has 0 spiro atoms. The Labute approximate surface area is 101 Å². The standard InChI is InChI=1S/C10H10FN5O2/c1-16-9(18-10(13)17)6(4-15-16)8-7(11)2-5(12)3-14-8/h2-4H,12H2,1H3,(H2,13,17). The molecule has 94 valence electrons. The van der Waals surface area contributed by atoms with Gasteiger partial charge in [-0.3, -0.25) is 4.98 Å². The van der Waals surface area contributed by atoms with Gasteiger partial charge in [0, 0.05) is 13.1 Å². The number of rotatable bonds is 2. The van der Waals surface area contributed by atoms with Crippen molar-refractivity contribution in [2.24, 2.45) is 12.8 Å². The molecule has 0 unspecified atom stereocenters. The minimum atomic E-state index is -1.02. The predicted octanol–water partition coefficient (Wildman–Crippen LogP) is 0.661. The highest BCUT2D eigenvalue weighted by atomic mass is 19.1. The number of carbonyl (C=O) groups is 1. The molecule has 7 nitrogen and oxygen atoms in total. The number of nitrogens with two attached hydrogens (primary N) is 2. The monoisotopic (exact) mass is 251 g/mol. The lowest BCUT2D eigenvalue weighted by Crippen LogP contribution is -2.18. The van der Waals surface area contributed by atoms with Crippen LogP contribution in [0.4, 0.5) is 14.9 Å². The fourth-order valence-corrected chi connectivity index (χ4v) is 1.46. The zero-order chi connectivity index (χ0) is 13.3. The first-order valence-corrected chi connectivity index (χ1v) is 4.89. The van der Waals surface area contributed by atoms with Gasteiger partial charge in [-0.2, -0.15) is 5.10 Å².